The van der Waals surface area contributed by atoms with Gasteiger partial charge in [0.1, 0.15) is 11.6 Å². The van der Waals surface area contributed by atoms with Gasteiger partial charge < -0.3 is 25.4 Å². The molecule has 3 aliphatic heterocycles. The second-order valence-corrected chi connectivity index (χ2v) is 14.0. The van der Waals surface area contributed by atoms with Gasteiger partial charge in [-0.1, -0.05) is 47.5 Å². The summed E-state index contributed by atoms with van der Waals surface area (Å²) in [6.07, 6.45) is 3.50. The molecule has 4 aromatic rings. The standard InChI is InChI=1S/C37H37Cl2FN6O4/c1-49-30-13-22(12-28(40)27(30)17-46-19-37(20-46)14-32(48)43-18-37)35-34(39)25(10-11-42-35)24-4-3-5-26(33(24)38)29-8-6-21(36(45-29)50-2)15-41-16-23-7-9-31(47)44-23/h3-6,8,10-13,23,41H,7,9,14-20H2,1-2H3,(H,43,48)(H,44,47). The molecule has 7 rings (SSSR count). The average Bonchev–Trinajstić information content (AvgIpc) is 3.70. The molecule has 5 heterocycles. The van der Waals surface area contributed by atoms with Crippen LogP contribution in [0.4, 0.5) is 4.39 Å². The van der Waals surface area contributed by atoms with E-state index < -0.39 is 5.82 Å². The summed E-state index contributed by atoms with van der Waals surface area (Å²) in [6, 6.07) is 14.5. The topological polar surface area (TPSA) is 118 Å². The Morgan fingerprint density at radius 1 is 1.02 bits per heavy atom. The molecule has 2 aromatic heterocycles. The summed E-state index contributed by atoms with van der Waals surface area (Å²) in [6.45, 7) is 3.65. The molecule has 1 unspecified atom stereocenters. The summed E-state index contributed by atoms with van der Waals surface area (Å²) >= 11 is 14.1. The lowest BCUT2D eigenvalue weighted by Gasteiger charge is -2.47. The fourth-order valence-electron chi connectivity index (χ4n) is 7.23. The molecule has 0 saturated carbocycles. The molecule has 10 nitrogen and oxygen atoms in total. The molecule has 3 aliphatic rings. The fourth-order valence-corrected chi connectivity index (χ4v) is 7.88. The number of rotatable bonds is 11. The van der Waals surface area contributed by atoms with Crippen molar-refractivity contribution >= 4 is 35.0 Å². The van der Waals surface area contributed by atoms with Crippen LogP contribution >= 0.6 is 23.2 Å². The van der Waals surface area contributed by atoms with E-state index in [1.807, 2.05) is 30.3 Å². The number of likely N-dealkylation sites (tertiary alicyclic amines) is 1. The van der Waals surface area contributed by atoms with Gasteiger partial charge in [0, 0.05) is 103 Å². The minimum Gasteiger partial charge on any atom is -0.496 e. The van der Waals surface area contributed by atoms with Crippen molar-refractivity contribution < 1.29 is 23.5 Å². The smallest absolute Gasteiger partial charge is 0.220 e. The van der Waals surface area contributed by atoms with Crippen molar-refractivity contribution in [3.8, 4) is 45.3 Å². The molecule has 0 aliphatic carbocycles. The summed E-state index contributed by atoms with van der Waals surface area (Å²) in [7, 11) is 3.09. The lowest BCUT2D eigenvalue weighted by atomic mass is 9.79. The van der Waals surface area contributed by atoms with Gasteiger partial charge in [0.25, 0.3) is 0 Å². The Labute approximate surface area is 299 Å². The van der Waals surface area contributed by atoms with Crippen LogP contribution in [0.2, 0.25) is 10.0 Å². The first-order valence-electron chi connectivity index (χ1n) is 16.5. The number of hydrogen-bond acceptors (Lipinski definition) is 8. The molecule has 1 atom stereocenters. The van der Waals surface area contributed by atoms with Crippen LogP contribution in [0.3, 0.4) is 0 Å². The van der Waals surface area contributed by atoms with Crippen LogP contribution in [-0.4, -0.2) is 73.1 Å². The number of benzene rings is 2. The van der Waals surface area contributed by atoms with Crippen LogP contribution in [0.5, 0.6) is 11.6 Å². The van der Waals surface area contributed by atoms with E-state index >= 15 is 4.39 Å². The van der Waals surface area contributed by atoms with E-state index in [2.05, 4.69) is 25.8 Å². The molecule has 2 aromatic carbocycles. The summed E-state index contributed by atoms with van der Waals surface area (Å²) < 4.78 is 27.0. The Morgan fingerprint density at radius 2 is 1.82 bits per heavy atom. The minimum atomic E-state index is -0.423. The van der Waals surface area contributed by atoms with Gasteiger partial charge in [0.2, 0.25) is 17.7 Å². The highest BCUT2D eigenvalue weighted by Gasteiger charge is 2.48. The van der Waals surface area contributed by atoms with Gasteiger partial charge in [-0.2, -0.15) is 0 Å². The van der Waals surface area contributed by atoms with Gasteiger partial charge in [0.15, 0.2) is 0 Å². The second kappa shape index (κ2) is 14.1. The van der Waals surface area contributed by atoms with Gasteiger partial charge in [-0.05, 0) is 30.7 Å². The number of pyridine rings is 2. The Bertz CT molecular complexity index is 1970. The largest absolute Gasteiger partial charge is 0.496 e. The van der Waals surface area contributed by atoms with Gasteiger partial charge >= 0.3 is 0 Å². The van der Waals surface area contributed by atoms with Crippen molar-refractivity contribution in [2.24, 2.45) is 5.41 Å². The maximum Gasteiger partial charge on any atom is 0.220 e. The van der Waals surface area contributed by atoms with Crippen molar-refractivity contribution in [3.63, 3.8) is 0 Å². The van der Waals surface area contributed by atoms with Crippen molar-refractivity contribution in [3.05, 3.63) is 81.7 Å². The molecule has 260 valence electrons. The number of hydrogen-bond donors (Lipinski definition) is 3. The first-order chi connectivity index (χ1) is 24.2. The van der Waals surface area contributed by atoms with Crippen LogP contribution in [0, 0.1) is 11.2 Å². The molecule has 3 N–H and O–H groups in total. The first-order valence-corrected chi connectivity index (χ1v) is 17.3. The predicted octanol–water partition coefficient (Wildman–Crippen LogP) is 5.63. The second-order valence-electron chi connectivity index (χ2n) is 13.2. The summed E-state index contributed by atoms with van der Waals surface area (Å²) in [5.41, 5.74) is 4.73. The zero-order valence-electron chi connectivity index (χ0n) is 27.7. The number of nitrogens with zero attached hydrogens (tertiary/aromatic N) is 3. The van der Waals surface area contributed by atoms with Crippen molar-refractivity contribution in [2.45, 2.75) is 38.4 Å². The molecule has 13 heteroatoms. The van der Waals surface area contributed by atoms with E-state index in [4.69, 9.17) is 37.7 Å². The van der Waals surface area contributed by atoms with Gasteiger partial charge in [-0.3, -0.25) is 19.5 Å². The zero-order chi connectivity index (χ0) is 35.0. The number of ether oxygens (including phenoxy) is 2. The number of halogens is 3. The summed E-state index contributed by atoms with van der Waals surface area (Å²) in [4.78, 5) is 34.6. The van der Waals surface area contributed by atoms with E-state index in [9.17, 15) is 9.59 Å². The molecule has 0 bridgehead atoms. The van der Waals surface area contributed by atoms with E-state index in [0.29, 0.717) is 99.9 Å². The predicted molar refractivity (Wildman–Crippen MR) is 190 cm³/mol. The van der Waals surface area contributed by atoms with Crippen molar-refractivity contribution in [1.82, 2.24) is 30.8 Å². The maximum absolute atomic E-state index is 15.7. The highest BCUT2D eigenvalue weighted by Crippen LogP contribution is 2.43. The number of aromatic nitrogens is 2. The molecule has 3 fully saturated rings. The number of carbonyl (C=O) groups excluding carboxylic acids is 2. The molecular weight excluding hydrogens is 682 g/mol. The van der Waals surface area contributed by atoms with Crippen LogP contribution in [0.15, 0.2) is 54.7 Å². The quantitative estimate of drug-likeness (QED) is 0.183. The highest BCUT2D eigenvalue weighted by molar-refractivity contribution is 6.39. The Morgan fingerprint density at radius 3 is 2.54 bits per heavy atom. The SMILES string of the molecule is COc1cc(-c2nccc(-c3cccc(-c4ccc(CNCC5CCC(=O)N5)c(OC)n4)c3Cl)c2Cl)cc(F)c1CN1CC2(CNC(=O)C2)C1. The van der Waals surface area contributed by atoms with Crippen molar-refractivity contribution in [1.29, 1.82) is 0 Å². The van der Waals surface area contributed by atoms with Crippen LogP contribution < -0.4 is 25.4 Å². The van der Waals surface area contributed by atoms with E-state index in [-0.39, 0.29) is 23.3 Å². The van der Waals surface area contributed by atoms with E-state index in [1.165, 1.54) is 13.2 Å². The monoisotopic (exact) mass is 718 g/mol. The van der Waals surface area contributed by atoms with Crippen LogP contribution in [0.1, 0.15) is 30.4 Å². The molecule has 50 heavy (non-hydrogen) atoms. The zero-order valence-corrected chi connectivity index (χ0v) is 29.3. The Hall–Kier alpha value is -4.29. The fraction of sp³-hybridized carbons (Fsp3) is 0.351. The van der Waals surface area contributed by atoms with E-state index in [0.717, 1.165) is 25.1 Å². The molecule has 2 amide bonds. The lowest BCUT2D eigenvalue weighted by Crippen LogP contribution is -2.56. The lowest BCUT2D eigenvalue weighted by molar-refractivity contribution is -0.121. The molecule has 0 radical (unpaired) electrons. The number of carbonyl (C=O) groups is 2. The molecule has 1 spiro atoms. The average molecular weight is 720 g/mol. The van der Waals surface area contributed by atoms with Gasteiger partial charge in [0.05, 0.1) is 35.7 Å². The molecular formula is C37H37Cl2FN6O4. The van der Waals surface area contributed by atoms with Gasteiger partial charge in [-0.25, -0.2) is 9.37 Å². The first kappa shape index (κ1) is 34.2. The maximum atomic E-state index is 15.7. The minimum absolute atomic E-state index is 0.0585. The molecule has 3 saturated heterocycles. The third-order valence-electron chi connectivity index (χ3n) is 9.72. The number of methoxy groups -OCH3 is 2. The van der Waals surface area contributed by atoms with Crippen LogP contribution in [-0.2, 0) is 22.7 Å². The Balaban J connectivity index is 1.12. The Kier molecular flexibility index (Phi) is 9.67. The third-order valence-corrected chi connectivity index (χ3v) is 10.5. The third kappa shape index (κ3) is 6.75. The van der Waals surface area contributed by atoms with Crippen molar-refractivity contribution in [2.75, 3.05) is 40.4 Å². The summed E-state index contributed by atoms with van der Waals surface area (Å²) in [5, 5.41) is 9.99. The normalized spacial score (nSPS) is 18.2. The van der Waals surface area contributed by atoms with Gasteiger partial charge in [-0.15, -0.1) is 0 Å². The summed E-state index contributed by atoms with van der Waals surface area (Å²) in [5.74, 6) is 0.596. The number of amides is 2. The van der Waals surface area contributed by atoms with Crippen LogP contribution in [0.25, 0.3) is 33.6 Å². The van der Waals surface area contributed by atoms with E-state index in [1.54, 1.807) is 25.4 Å². The highest BCUT2D eigenvalue weighted by atomic mass is 35.5. The number of nitrogens with one attached hydrogen (secondary N) is 3.